The van der Waals surface area contributed by atoms with Gasteiger partial charge in [0.05, 0.1) is 0 Å². The molecule has 0 saturated carbocycles. The van der Waals surface area contributed by atoms with E-state index in [0.29, 0.717) is 21.6 Å². The second-order valence-electron chi connectivity index (χ2n) is 5.14. The Bertz CT molecular complexity index is 762. The molecule has 0 aliphatic carbocycles. The van der Waals surface area contributed by atoms with Crippen LogP contribution >= 0.6 is 11.3 Å². The molecule has 0 spiro atoms. The lowest BCUT2D eigenvalue weighted by molar-refractivity contribution is 0.102. The molecule has 0 atom stereocenters. The maximum atomic E-state index is 12.1. The van der Waals surface area contributed by atoms with Crippen molar-refractivity contribution in [2.75, 3.05) is 5.32 Å². The van der Waals surface area contributed by atoms with Gasteiger partial charge in [0.15, 0.2) is 5.82 Å². The van der Waals surface area contributed by atoms with E-state index in [0.717, 1.165) is 12.2 Å². The molecular weight excluding hydrogens is 286 g/mol. The van der Waals surface area contributed by atoms with E-state index in [-0.39, 0.29) is 5.91 Å². The van der Waals surface area contributed by atoms with Gasteiger partial charge in [-0.25, -0.2) is 0 Å². The molecule has 2 aromatic heterocycles. The van der Waals surface area contributed by atoms with Gasteiger partial charge in [-0.2, -0.15) is 4.52 Å². The molecule has 1 amide bonds. The predicted octanol–water partition coefficient (Wildman–Crippen LogP) is 2.64. The third kappa shape index (κ3) is 2.92. The molecule has 6 nitrogen and oxygen atoms in total. The summed E-state index contributed by atoms with van der Waals surface area (Å²) in [7, 11) is 0. The number of aromatic nitrogens is 4. The van der Waals surface area contributed by atoms with Gasteiger partial charge in [0.25, 0.3) is 5.91 Å². The molecule has 0 aliphatic heterocycles. The van der Waals surface area contributed by atoms with Crippen LogP contribution < -0.4 is 5.32 Å². The smallest absolute Gasteiger partial charge is 0.257 e. The monoisotopic (exact) mass is 301 g/mol. The number of anilines is 1. The molecule has 0 saturated heterocycles. The Morgan fingerprint density at radius 2 is 2.05 bits per heavy atom. The molecule has 0 unspecified atom stereocenters. The second kappa shape index (κ2) is 5.61. The quantitative estimate of drug-likeness (QED) is 0.804. The Morgan fingerprint density at radius 3 is 2.76 bits per heavy atom. The van der Waals surface area contributed by atoms with Gasteiger partial charge in [-0.15, -0.1) is 15.3 Å². The fraction of sp³-hybridized carbons (Fsp3) is 0.286. The van der Waals surface area contributed by atoms with Crippen molar-refractivity contribution in [1.29, 1.82) is 0 Å². The molecule has 3 aromatic rings. The molecule has 7 heteroatoms. The lowest BCUT2D eigenvalue weighted by atomic mass is 10.1. The summed E-state index contributed by atoms with van der Waals surface area (Å²) in [5.41, 5.74) is 0.603. The first kappa shape index (κ1) is 13.7. The number of carbonyl (C=O) groups excluding carboxylic acids is 1. The van der Waals surface area contributed by atoms with Crippen LogP contribution in [0, 0.1) is 5.92 Å². The first-order valence-electron chi connectivity index (χ1n) is 6.71. The molecule has 0 fully saturated rings. The lowest BCUT2D eigenvalue weighted by Crippen LogP contribution is -2.12. The van der Waals surface area contributed by atoms with Crippen molar-refractivity contribution in [3.05, 3.63) is 41.7 Å². The van der Waals surface area contributed by atoms with Crippen LogP contribution in [0.15, 0.2) is 30.3 Å². The number of carbonyl (C=O) groups is 1. The van der Waals surface area contributed by atoms with E-state index in [1.807, 2.05) is 18.2 Å². The molecule has 0 aliphatic rings. The largest absolute Gasteiger partial charge is 0.296 e. The fourth-order valence-corrected chi connectivity index (χ4v) is 2.71. The first-order valence-corrected chi connectivity index (χ1v) is 7.52. The highest BCUT2D eigenvalue weighted by Crippen LogP contribution is 2.20. The number of hydrogen-bond donors (Lipinski definition) is 1. The van der Waals surface area contributed by atoms with Gasteiger partial charge < -0.3 is 0 Å². The third-order valence-electron chi connectivity index (χ3n) is 2.90. The normalized spacial score (nSPS) is 11.2. The van der Waals surface area contributed by atoms with Crippen molar-refractivity contribution in [3.63, 3.8) is 0 Å². The second-order valence-corrected chi connectivity index (χ2v) is 6.09. The summed E-state index contributed by atoms with van der Waals surface area (Å²) < 4.78 is 1.70. The first-order chi connectivity index (χ1) is 10.1. The zero-order valence-electron chi connectivity index (χ0n) is 11.8. The average Bonchev–Trinajstić information content (AvgIpc) is 3.01. The van der Waals surface area contributed by atoms with Gasteiger partial charge in [-0.05, 0) is 18.1 Å². The topological polar surface area (TPSA) is 72.2 Å². The third-order valence-corrected chi connectivity index (χ3v) is 3.72. The van der Waals surface area contributed by atoms with E-state index in [2.05, 4.69) is 34.5 Å². The zero-order valence-corrected chi connectivity index (χ0v) is 12.6. The highest BCUT2D eigenvalue weighted by molar-refractivity contribution is 7.20. The van der Waals surface area contributed by atoms with E-state index in [1.165, 1.54) is 11.3 Å². The van der Waals surface area contributed by atoms with Crippen LogP contribution in [0.2, 0.25) is 0 Å². The van der Waals surface area contributed by atoms with Crippen molar-refractivity contribution in [2.24, 2.45) is 5.92 Å². The molecular formula is C14H15N5OS. The highest BCUT2D eigenvalue weighted by atomic mass is 32.1. The molecule has 3 rings (SSSR count). The van der Waals surface area contributed by atoms with Gasteiger partial charge in [0.2, 0.25) is 10.1 Å². The van der Waals surface area contributed by atoms with Crippen molar-refractivity contribution < 1.29 is 4.79 Å². The summed E-state index contributed by atoms with van der Waals surface area (Å²) in [6.07, 6.45) is 0.803. The van der Waals surface area contributed by atoms with Crippen LogP contribution in [0.1, 0.15) is 30.0 Å². The van der Waals surface area contributed by atoms with Gasteiger partial charge in [-0.3, -0.25) is 10.1 Å². The van der Waals surface area contributed by atoms with Crippen molar-refractivity contribution >= 4 is 27.3 Å². The van der Waals surface area contributed by atoms with Crippen molar-refractivity contribution in [1.82, 2.24) is 19.8 Å². The Balaban J connectivity index is 1.82. The van der Waals surface area contributed by atoms with Crippen molar-refractivity contribution in [2.45, 2.75) is 20.3 Å². The minimum atomic E-state index is -0.175. The van der Waals surface area contributed by atoms with E-state index in [4.69, 9.17) is 0 Å². The van der Waals surface area contributed by atoms with Gasteiger partial charge >= 0.3 is 0 Å². The minimum absolute atomic E-state index is 0.175. The summed E-state index contributed by atoms with van der Waals surface area (Å²) >= 11 is 1.31. The van der Waals surface area contributed by atoms with Crippen LogP contribution in [-0.4, -0.2) is 25.7 Å². The minimum Gasteiger partial charge on any atom is -0.296 e. The van der Waals surface area contributed by atoms with Crippen molar-refractivity contribution in [3.8, 4) is 0 Å². The van der Waals surface area contributed by atoms with Crippen LogP contribution in [0.5, 0.6) is 0 Å². The van der Waals surface area contributed by atoms with Crippen LogP contribution in [0.25, 0.3) is 4.96 Å². The fourth-order valence-electron chi connectivity index (χ4n) is 1.96. The summed E-state index contributed by atoms with van der Waals surface area (Å²) in [6.45, 7) is 4.23. The molecule has 108 valence electrons. The van der Waals surface area contributed by atoms with E-state index >= 15 is 0 Å². The SMILES string of the molecule is CC(C)Cc1nnc2sc(NC(=O)c3ccccc3)nn12. The molecule has 0 radical (unpaired) electrons. The van der Waals surface area contributed by atoms with Crippen LogP contribution in [-0.2, 0) is 6.42 Å². The molecule has 1 aromatic carbocycles. The Hall–Kier alpha value is -2.28. The number of nitrogens with one attached hydrogen (secondary N) is 1. The summed E-state index contributed by atoms with van der Waals surface area (Å²) in [4.78, 5) is 12.8. The standard InChI is InChI=1S/C14H15N5OS/c1-9(2)8-11-16-17-14-19(11)18-13(21-14)15-12(20)10-6-4-3-5-7-10/h3-7,9H,8H2,1-2H3,(H,15,18,20). The average molecular weight is 301 g/mol. The number of amides is 1. The van der Waals surface area contributed by atoms with E-state index in [9.17, 15) is 4.79 Å². The van der Waals surface area contributed by atoms with E-state index < -0.39 is 0 Å². The highest BCUT2D eigenvalue weighted by Gasteiger charge is 2.14. The molecule has 1 N–H and O–H groups in total. The number of hydrogen-bond acceptors (Lipinski definition) is 5. The van der Waals surface area contributed by atoms with Crippen LogP contribution in [0.3, 0.4) is 0 Å². The summed E-state index contributed by atoms with van der Waals surface area (Å²) in [6, 6.07) is 9.06. The predicted molar refractivity (Wildman–Crippen MR) is 81.6 cm³/mol. The van der Waals surface area contributed by atoms with E-state index in [1.54, 1.807) is 16.6 Å². The van der Waals surface area contributed by atoms with Crippen LogP contribution in [0.4, 0.5) is 5.13 Å². The summed E-state index contributed by atoms with van der Waals surface area (Å²) in [5, 5.41) is 15.9. The van der Waals surface area contributed by atoms with Gasteiger partial charge in [0, 0.05) is 12.0 Å². The molecule has 2 heterocycles. The Morgan fingerprint density at radius 1 is 1.29 bits per heavy atom. The van der Waals surface area contributed by atoms with Gasteiger partial charge in [-0.1, -0.05) is 43.4 Å². The maximum Gasteiger partial charge on any atom is 0.257 e. The van der Waals surface area contributed by atoms with Gasteiger partial charge in [0.1, 0.15) is 0 Å². The number of nitrogens with zero attached hydrogens (tertiary/aromatic N) is 4. The number of rotatable bonds is 4. The zero-order chi connectivity index (χ0) is 14.8. The Kier molecular flexibility index (Phi) is 3.66. The lowest BCUT2D eigenvalue weighted by Gasteiger charge is -2.01. The molecule has 0 bridgehead atoms. The maximum absolute atomic E-state index is 12.1. The summed E-state index contributed by atoms with van der Waals surface area (Å²) in [5.74, 6) is 1.11. The Labute approximate surface area is 125 Å². The number of fused-ring (bicyclic) bond motifs is 1. The number of benzene rings is 1. The molecule has 21 heavy (non-hydrogen) atoms.